The first-order valence-corrected chi connectivity index (χ1v) is 6.64. The molecule has 102 valence electrons. The van der Waals surface area contributed by atoms with Gasteiger partial charge >= 0.3 is 0 Å². The second kappa shape index (κ2) is 4.89. The van der Waals surface area contributed by atoms with Crippen LogP contribution in [-0.4, -0.2) is 36.0 Å². The van der Waals surface area contributed by atoms with Gasteiger partial charge in [0.2, 0.25) is 0 Å². The van der Waals surface area contributed by atoms with Crippen LogP contribution in [0.15, 0.2) is 18.2 Å². The standard InChI is InChI=1S/C14H16F2N2O/c15-12-4-1-9(7-13(12)16)14(19)18-6-5-10-2-3-11(8-18)17-10/h1,4,7,10-11,17H,2-3,5-6,8H2/t10-,11+/m0/s1. The lowest BCUT2D eigenvalue weighted by Gasteiger charge is -2.24. The first kappa shape index (κ1) is 12.5. The number of hydrogen-bond donors (Lipinski definition) is 1. The lowest BCUT2D eigenvalue weighted by Crippen LogP contribution is -2.39. The van der Waals surface area contributed by atoms with Crippen molar-refractivity contribution in [3.63, 3.8) is 0 Å². The van der Waals surface area contributed by atoms with Crippen molar-refractivity contribution in [2.24, 2.45) is 0 Å². The van der Waals surface area contributed by atoms with Gasteiger partial charge in [0.1, 0.15) is 0 Å². The van der Waals surface area contributed by atoms with Crippen LogP contribution in [0.4, 0.5) is 8.78 Å². The van der Waals surface area contributed by atoms with Crippen molar-refractivity contribution in [3.05, 3.63) is 35.4 Å². The van der Waals surface area contributed by atoms with Gasteiger partial charge in [-0.3, -0.25) is 4.79 Å². The maximum Gasteiger partial charge on any atom is 0.254 e. The summed E-state index contributed by atoms with van der Waals surface area (Å²) in [5.41, 5.74) is 0.219. The number of rotatable bonds is 1. The van der Waals surface area contributed by atoms with Gasteiger partial charge in [-0.2, -0.15) is 0 Å². The molecule has 2 saturated heterocycles. The largest absolute Gasteiger partial charge is 0.337 e. The third-order valence-corrected chi connectivity index (χ3v) is 3.98. The summed E-state index contributed by atoms with van der Waals surface area (Å²) in [6.45, 7) is 1.32. The van der Waals surface area contributed by atoms with Crippen molar-refractivity contribution in [2.75, 3.05) is 13.1 Å². The Morgan fingerprint density at radius 2 is 1.95 bits per heavy atom. The van der Waals surface area contributed by atoms with Crippen molar-refractivity contribution < 1.29 is 13.6 Å². The Labute approximate surface area is 110 Å². The van der Waals surface area contributed by atoms with Crippen LogP contribution in [0.2, 0.25) is 0 Å². The number of amides is 1. The Bertz CT molecular complexity index is 506. The highest BCUT2D eigenvalue weighted by atomic mass is 19.2. The number of benzene rings is 1. The van der Waals surface area contributed by atoms with Gasteiger partial charge in [0, 0.05) is 30.7 Å². The summed E-state index contributed by atoms with van der Waals surface area (Å²) in [6, 6.07) is 4.16. The smallest absolute Gasteiger partial charge is 0.254 e. The molecule has 0 saturated carbocycles. The van der Waals surface area contributed by atoms with E-state index in [2.05, 4.69) is 5.32 Å². The summed E-state index contributed by atoms with van der Waals surface area (Å²) in [7, 11) is 0. The first-order valence-electron chi connectivity index (χ1n) is 6.64. The molecule has 1 aromatic rings. The summed E-state index contributed by atoms with van der Waals surface area (Å²) < 4.78 is 26.1. The van der Waals surface area contributed by atoms with Crippen LogP contribution in [0.25, 0.3) is 0 Å². The molecule has 0 aromatic heterocycles. The minimum absolute atomic E-state index is 0.215. The molecule has 19 heavy (non-hydrogen) atoms. The van der Waals surface area contributed by atoms with Crippen LogP contribution in [0.3, 0.4) is 0 Å². The van der Waals surface area contributed by atoms with Crippen molar-refractivity contribution in [2.45, 2.75) is 31.3 Å². The maximum atomic E-state index is 13.2. The van der Waals surface area contributed by atoms with Crippen LogP contribution in [0.5, 0.6) is 0 Å². The fourth-order valence-electron chi connectivity index (χ4n) is 2.94. The molecular weight excluding hydrogens is 250 g/mol. The molecule has 0 radical (unpaired) electrons. The molecule has 2 fully saturated rings. The van der Waals surface area contributed by atoms with E-state index in [1.54, 1.807) is 4.90 Å². The third kappa shape index (κ3) is 2.47. The van der Waals surface area contributed by atoms with Gasteiger partial charge in [0.05, 0.1) is 0 Å². The Kier molecular flexibility index (Phi) is 3.22. The third-order valence-electron chi connectivity index (χ3n) is 3.98. The normalized spacial score (nSPS) is 26.3. The van der Waals surface area contributed by atoms with E-state index in [0.29, 0.717) is 25.2 Å². The molecule has 1 aromatic carbocycles. The fraction of sp³-hybridized carbons (Fsp3) is 0.500. The number of fused-ring (bicyclic) bond motifs is 2. The van der Waals surface area contributed by atoms with Gasteiger partial charge < -0.3 is 10.2 Å². The van der Waals surface area contributed by atoms with Gasteiger partial charge in [-0.15, -0.1) is 0 Å². The molecule has 2 heterocycles. The van der Waals surface area contributed by atoms with Gasteiger partial charge in [-0.1, -0.05) is 0 Å². The molecule has 0 unspecified atom stereocenters. The molecule has 0 aliphatic carbocycles. The monoisotopic (exact) mass is 266 g/mol. The minimum atomic E-state index is -0.972. The van der Waals surface area contributed by atoms with Crippen molar-refractivity contribution in [3.8, 4) is 0 Å². The topological polar surface area (TPSA) is 32.3 Å². The number of carbonyl (C=O) groups is 1. The highest BCUT2D eigenvalue weighted by molar-refractivity contribution is 5.94. The molecular formula is C14H16F2N2O. The van der Waals surface area contributed by atoms with Crippen LogP contribution in [-0.2, 0) is 0 Å². The minimum Gasteiger partial charge on any atom is -0.337 e. The lowest BCUT2D eigenvalue weighted by molar-refractivity contribution is 0.0747. The van der Waals surface area contributed by atoms with Gasteiger partial charge in [0.15, 0.2) is 11.6 Å². The zero-order valence-electron chi connectivity index (χ0n) is 10.5. The number of likely N-dealkylation sites (tertiary alicyclic amines) is 1. The Morgan fingerprint density at radius 1 is 1.16 bits per heavy atom. The van der Waals surface area contributed by atoms with Crippen LogP contribution in [0, 0.1) is 11.6 Å². The second-order valence-corrected chi connectivity index (χ2v) is 5.31. The SMILES string of the molecule is O=C(c1ccc(F)c(F)c1)N1CC[C@@H]2CC[C@H](C1)N2. The Balaban J connectivity index is 1.77. The molecule has 2 aliphatic heterocycles. The summed E-state index contributed by atoms with van der Waals surface area (Å²) in [5.74, 6) is -2.11. The zero-order chi connectivity index (χ0) is 13.4. The van der Waals surface area contributed by atoms with E-state index >= 15 is 0 Å². The average molecular weight is 266 g/mol. The Morgan fingerprint density at radius 3 is 2.74 bits per heavy atom. The van der Waals surface area contributed by atoms with E-state index in [4.69, 9.17) is 0 Å². The molecule has 0 spiro atoms. The van der Waals surface area contributed by atoms with Crippen molar-refractivity contribution in [1.82, 2.24) is 10.2 Å². The Hall–Kier alpha value is -1.49. The predicted molar refractivity (Wildman–Crippen MR) is 66.8 cm³/mol. The molecule has 5 heteroatoms. The summed E-state index contributed by atoms with van der Waals surface area (Å²) in [5, 5.41) is 3.48. The summed E-state index contributed by atoms with van der Waals surface area (Å²) in [6.07, 6.45) is 3.16. The van der Waals surface area contributed by atoms with E-state index in [1.807, 2.05) is 0 Å². The summed E-state index contributed by atoms with van der Waals surface area (Å²) in [4.78, 5) is 14.0. The van der Waals surface area contributed by atoms with E-state index in [9.17, 15) is 13.6 Å². The highest BCUT2D eigenvalue weighted by Crippen LogP contribution is 2.22. The van der Waals surface area contributed by atoms with Crippen LogP contribution >= 0.6 is 0 Å². The van der Waals surface area contributed by atoms with Crippen LogP contribution in [0.1, 0.15) is 29.6 Å². The predicted octanol–water partition coefficient (Wildman–Crippen LogP) is 1.93. The van der Waals surface area contributed by atoms with Gasteiger partial charge in [-0.05, 0) is 37.5 Å². The lowest BCUT2D eigenvalue weighted by atomic mass is 10.1. The van der Waals surface area contributed by atoms with Crippen molar-refractivity contribution >= 4 is 5.91 Å². The maximum absolute atomic E-state index is 13.2. The number of nitrogens with zero attached hydrogens (tertiary/aromatic N) is 1. The number of nitrogens with one attached hydrogen (secondary N) is 1. The number of hydrogen-bond acceptors (Lipinski definition) is 2. The van der Waals surface area contributed by atoms with E-state index in [0.717, 1.165) is 31.4 Å². The molecule has 3 rings (SSSR count). The van der Waals surface area contributed by atoms with Crippen LogP contribution < -0.4 is 5.32 Å². The number of carbonyl (C=O) groups excluding carboxylic acids is 1. The highest BCUT2D eigenvalue weighted by Gasteiger charge is 2.31. The molecule has 2 atom stereocenters. The zero-order valence-corrected chi connectivity index (χ0v) is 10.5. The molecule has 2 aliphatic rings. The summed E-state index contributed by atoms with van der Waals surface area (Å²) >= 11 is 0. The molecule has 1 amide bonds. The van der Waals surface area contributed by atoms with E-state index in [1.165, 1.54) is 6.07 Å². The molecule has 2 bridgehead atoms. The van der Waals surface area contributed by atoms with Gasteiger partial charge in [-0.25, -0.2) is 8.78 Å². The van der Waals surface area contributed by atoms with E-state index in [-0.39, 0.29) is 11.5 Å². The molecule has 3 nitrogen and oxygen atoms in total. The average Bonchev–Trinajstić information content (AvgIpc) is 2.72. The van der Waals surface area contributed by atoms with Gasteiger partial charge in [0.25, 0.3) is 5.91 Å². The second-order valence-electron chi connectivity index (χ2n) is 5.31. The number of halogens is 2. The molecule has 1 N–H and O–H groups in total. The van der Waals surface area contributed by atoms with E-state index < -0.39 is 11.6 Å². The van der Waals surface area contributed by atoms with Crippen molar-refractivity contribution in [1.29, 1.82) is 0 Å². The quantitative estimate of drug-likeness (QED) is 0.842. The fourth-order valence-corrected chi connectivity index (χ4v) is 2.94. The first-order chi connectivity index (χ1) is 9.13.